The number of ether oxygens (including phenoxy) is 1. The molecule has 1 aliphatic rings. The number of methoxy groups -OCH3 is 1. The van der Waals surface area contributed by atoms with Crippen molar-refractivity contribution in [1.82, 2.24) is 4.90 Å². The zero-order valence-electron chi connectivity index (χ0n) is 15.0. The van der Waals surface area contributed by atoms with E-state index in [4.69, 9.17) is 4.74 Å². The van der Waals surface area contributed by atoms with E-state index in [1.165, 1.54) is 17.5 Å². The number of carbonyl (C=O) groups is 1. The quantitative estimate of drug-likeness (QED) is 0.747. The van der Waals surface area contributed by atoms with Crippen LogP contribution in [0.3, 0.4) is 0 Å². The Hall–Kier alpha value is -2.13. The molecule has 3 heteroatoms. The van der Waals surface area contributed by atoms with Gasteiger partial charge >= 0.3 is 0 Å². The predicted octanol–water partition coefficient (Wildman–Crippen LogP) is 4.46. The lowest BCUT2D eigenvalue weighted by Gasteiger charge is -2.29. The first-order valence-electron chi connectivity index (χ1n) is 9.17. The molecule has 0 aromatic heterocycles. The van der Waals surface area contributed by atoms with Crippen LogP contribution >= 0.6 is 0 Å². The van der Waals surface area contributed by atoms with Gasteiger partial charge in [-0.1, -0.05) is 55.0 Å². The predicted molar refractivity (Wildman–Crippen MR) is 101 cm³/mol. The molecule has 0 spiro atoms. The highest BCUT2D eigenvalue weighted by Crippen LogP contribution is 2.25. The van der Waals surface area contributed by atoms with Crippen molar-refractivity contribution >= 4 is 5.78 Å². The molecule has 25 heavy (non-hydrogen) atoms. The fourth-order valence-electron chi connectivity index (χ4n) is 3.66. The average Bonchev–Trinajstić information content (AvgIpc) is 2.65. The van der Waals surface area contributed by atoms with E-state index >= 15 is 0 Å². The third kappa shape index (κ3) is 4.93. The number of rotatable bonds is 7. The number of carbonyl (C=O) groups excluding carboxylic acids is 1. The van der Waals surface area contributed by atoms with Gasteiger partial charge in [0, 0.05) is 37.5 Å². The lowest BCUT2D eigenvalue weighted by molar-refractivity contribution is -0.125. The van der Waals surface area contributed by atoms with Gasteiger partial charge in [0.1, 0.15) is 11.5 Å². The largest absolute Gasteiger partial charge is 0.496 e. The van der Waals surface area contributed by atoms with Crippen molar-refractivity contribution in [2.24, 2.45) is 5.92 Å². The second-order valence-electron chi connectivity index (χ2n) is 6.88. The van der Waals surface area contributed by atoms with Crippen LogP contribution in [0.2, 0.25) is 0 Å². The van der Waals surface area contributed by atoms with Crippen molar-refractivity contribution in [3.8, 4) is 5.75 Å². The number of para-hydroxylation sites is 1. The first kappa shape index (κ1) is 17.7. The molecule has 132 valence electrons. The summed E-state index contributed by atoms with van der Waals surface area (Å²) in [5.41, 5.74) is 2.45. The summed E-state index contributed by atoms with van der Waals surface area (Å²) in [5.74, 6) is 1.52. The van der Waals surface area contributed by atoms with Crippen LogP contribution < -0.4 is 4.74 Å². The summed E-state index contributed by atoms with van der Waals surface area (Å²) in [5, 5.41) is 0. The monoisotopic (exact) mass is 337 g/mol. The molecule has 1 aliphatic carbocycles. The number of benzene rings is 2. The summed E-state index contributed by atoms with van der Waals surface area (Å²) in [6.45, 7) is 2.47. The van der Waals surface area contributed by atoms with Crippen LogP contribution in [0.15, 0.2) is 54.6 Å². The minimum atomic E-state index is 0.173. The summed E-state index contributed by atoms with van der Waals surface area (Å²) in [4.78, 5) is 14.7. The lowest BCUT2D eigenvalue weighted by atomic mass is 9.87. The van der Waals surface area contributed by atoms with Crippen LogP contribution in [0.1, 0.15) is 36.8 Å². The molecule has 1 fully saturated rings. The van der Waals surface area contributed by atoms with E-state index in [0.717, 1.165) is 44.6 Å². The molecular weight excluding hydrogens is 310 g/mol. The minimum Gasteiger partial charge on any atom is -0.496 e. The van der Waals surface area contributed by atoms with Crippen LogP contribution in [0.4, 0.5) is 0 Å². The SMILES string of the molecule is COc1ccccc1CN(Cc1ccccc1)C[C@H]1CCCCC1=O. The summed E-state index contributed by atoms with van der Waals surface area (Å²) in [7, 11) is 1.71. The number of hydrogen-bond donors (Lipinski definition) is 0. The number of Topliss-reactive ketones (excluding diaryl/α,β-unsaturated/α-hetero) is 1. The van der Waals surface area contributed by atoms with E-state index in [1.54, 1.807) is 7.11 Å². The lowest BCUT2D eigenvalue weighted by Crippen LogP contribution is -2.34. The van der Waals surface area contributed by atoms with Gasteiger partial charge in [-0.05, 0) is 24.5 Å². The zero-order chi connectivity index (χ0) is 17.5. The highest BCUT2D eigenvalue weighted by Gasteiger charge is 2.25. The summed E-state index contributed by atoms with van der Waals surface area (Å²) >= 11 is 0. The summed E-state index contributed by atoms with van der Waals surface area (Å²) in [6, 6.07) is 18.6. The first-order chi connectivity index (χ1) is 12.3. The van der Waals surface area contributed by atoms with E-state index in [0.29, 0.717) is 5.78 Å². The summed E-state index contributed by atoms with van der Waals surface area (Å²) in [6.07, 6.45) is 4.00. The number of ketones is 1. The van der Waals surface area contributed by atoms with Gasteiger partial charge in [-0.2, -0.15) is 0 Å². The highest BCUT2D eigenvalue weighted by atomic mass is 16.5. The van der Waals surface area contributed by atoms with Gasteiger partial charge in [0.15, 0.2) is 0 Å². The second kappa shape index (κ2) is 8.82. The van der Waals surface area contributed by atoms with E-state index in [9.17, 15) is 4.79 Å². The normalized spacial score (nSPS) is 17.7. The van der Waals surface area contributed by atoms with Crippen LogP contribution in [0, 0.1) is 5.92 Å². The Labute approximate surface area is 150 Å². The molecular formula is C22H27NO2. The topological polar surface area (TPSA) is 29.5 Å². The molecule has 1 saturated carbocycles. The Kier molecular flexibility index (Phi) is 6.24. The second-order valence-corrected chi connectivity index (χ2v) is 6.88. The van der Waals surface area contributed by atoms with E-state index in [-0.39, 0.29) is 5.92 Å². The fourth-order valence-corrected chi connectivity index (χ4v) is 3.66. The average molecular weight is 337 g/mol. The maximum atomic E-state index is 12.3. The van der Waals surface area contributed by atoms with Crippen molar-refractivity contribution < 1.29 is 9.53 Å². The molecule has 3 nitrogen and oxygen atoms in total. The Morgan fingerprint density at radius 2 is 1.76 bits per heavy atom. The van der Waals surface area contributed by atoms with Gasteiger partial charge in [-0.25, -0.2) is 0 Å². The van der Waals surface area contributed by atoms with Crippen molar-refractivity contribution in [2.45, 2.75) is 38.8 Å². The molecule has 0 radical (unpaired) electrons. The molecule has 0 heterocycles. The number of hydrogen-bond acceptors (Lipinski definition) is 3. The minimum absolute atomic E-state index is 0.173. The van der Waals surface area contributed by atoms with Gasteiger partial charge in [-0.3, -0.25) is 9.69 Å². The van der Waals surface area contributed by atoms with Crippen molar-refractivity contribution in [3.05, 3.63) is 65.7 Å². The zero-order valence-corrected chi connectivity index (χ0v) is 15.0. The third-order valence-electron chi connectivity index (χ3n) is 5.00. The highest BCUT2D eigenvalue weighted by molar-refractivity contribution is 5.81. The van der Waals surface area contributed by atoms with Crippen LogP contribution in [-0.4, -0.2) is 24.3 Å². The Morgan fingerprint density at radius 1 is 1.00 bits per heavy atom. The van der Waals surface area contributed by atoms with E-state index in [2.05, 4.69) is 35.2 Å². The maximum absolute atomic E-state index is 12.3. The molecule has 0 amide bonds. The summed E-state index contributed by atoms with van der Waals surface area (Å²) < 4.78 is 5.51. The van der Waals surface area contributed by atoms with Crippen LogP contribution in [0.5, 0.6) is 5.75 Å². The van der Waals surface area contributed by atoms with Gasteiger partial charge < -0.3 is 4.74 Å². The van der Waals surface area contributed by atoms with Gasteiger partial charge in [0.05, 0.1) is 7.11 Å². The third-order valence-corrected chi connectivity index (χ3v) is 5.00. The van der Waals surface area contributed by atoms with Crippen LogP contribution in [-0.2, 0) is 17.9 Å². The molecule has 2 aromatic rings. The molecule has 1 atom stereocenters. The van der Waals surface area contributed by atoms with E-state index < -0.39 is 0 Å². The van der Waals surface area contributed by atoms with Crippen molar-refractivity contribution in [3.63, 3.8) is 0 Å². The van der Waals surface area contributed by atoms with Gasteiger partial charge in [0.25, 0.3) is 0 Å². The Bertz CT molecular complexity index is 683. The smallest absolute Gasteiger partial charge is 0.137 e. The molecule has 0 aliphatic heterocycles. The van der Waals surface area contributed by atoms with Crippen molar-refractivity contribution in [2.75, 3.05) is 13.7 Å². The fraction of sp³-hybridized carbons (Fsp3) is 0.409. The Morgan fingerprint density at radius 3 is 2.52 bits per heavy atom. The molecule has 3 rings (SSSR count). The standard InChI is InChI=1S/C22H27NO2/c1-25-22-14-8-6-12-20(22)17-23(15-18-9-3-2-4-10-18)16-19-11-5-7-13-21(19)24/h2-4,6,8-10,12,14,19H,5,7,11,13,15-17H2,1H3/t19-/m1/s1. The molecule has 0 unspecified atom stereocenters. The first-order valence-corrected chi connectivity index (χ1v) is 9.17. The Balaban J connectivity index is 1.76. The molecule has 0 N–H and O–H groups in total. The number of nitrogens with zero attached hydrogens (tertiary/aromatic N) is 1. The maximum Gasteiger partial charge on any atom is 0.137 e. The molecule has 0 saturated heterocycles. The van der Waals surface area contributed by atoms with Gasteiger partial charge in [0.2, 0.25) is 0 Å². The van der Waals surface area contributed by atoms with E-state index in [1.807, 2.05) is 24.3 Å². The molecule has 2 aromatic carbocycles. The molecule has 0 bridgehead atoms. The van der Waals surface area contributed by atoms with Crippen molar-refractivity contribution in [1.29, 1.82) is 0 Å². The van der Waals surface area contributed by atoms with Gasteiger partial charge in [-0.15, -0.1) is 0 Å². The van der Waals surface area contributed by atoms with Crippen LogP contribution in [0.25, 0.3) is 0 Å².